The second-order valence-electron chi connectivity index (χ2n) is 6.79. The van der Waals surface area contributed by atoms with Crippen molar-refractivity contribution in [3.8, 4) is 11.3 Å². The largest absolute Gasteiger partial charge is 0.326 e. The average molecular weight is 438 g/mol. The van der Waals surface area contributed by atoms with Crippen molar-refractivity contribution in [3.63, 3.8) is 0 Å². The van der Waals surface area contributed by atoms with Gasteiger partial charge in [-0.05, 0) is 31.0 Å². The molecule has 0 saturated heterocycles. The first kappa shape index (κ1) is 22.2. The Morgan fingerprint density at radius 1 is 1.03 bits per heavy atom. The van der Waals surface area contributed by atoms with Crippen molar-refractivity contribution in [1.29, 1.82) is 0 Å². The van der Waals surface area contributed by atoms with Crippen molar-refractivity contribution in [2.45, 2.75) is 37.6 Å². The lowest BCUT2D eigenvalue weighted by Crippen LogP contribution is -2.24. The number of benzene rings is 2. The number of rotatable bonds is 7. The Balaban J connectivity index is 1.76. The molecule has 31 heavy (non-hydrogen) atoms. The van der Waals surface area contributed by atoms with Gasteiger partial charge in [-0.1, -0.05) is 55.1 Å². The molecule has 160 valence electrons. The highest BCUT2D eigenvalue weighted by Crippen LogP contribution is 2.25. The Kier molecular flexibility index (Phi) is 7.19. The molecule has 0 saturated carbocycles. The van der Waals surface area contributed by atoms with Gasteiger partial charge in [-0.2, -0.15) is 0 Å². The van der Waals surface area contributed by atoms with Crippen molar-refractivity contribution in [1.82, 2.24) is 15.2 Å². The van der Waals surface area contributed by atoms with Gasteiger partial charge in [0.15, 0.2) is 10.9 Å². The lowest BCUT2D eigenvalue weighted by Gasteiger charge is -2.14. The third kappa shape index (κ3) is 5.58. The lowest BCUT2D eigenvalue weighted by molar-refractivity contribution is -0.115. The Bertz CT molecular complexity index is 1160. The molecule has 3 N–H and O–H groups in total. The van der Waals surface area contributed by atoms with E-state index in [1.807, 2.05) is 31.2 Å². The first-order valence-electron chi connectivity index (χ1n) is 9.78. The number of carbonyl (C=O) groups is 2. The van der Waals surface area contributed by atoms with Crippen LogP contribution in [0.2, 0.25) is 0 Å². The van der Waals surface area contributed by atoms with Crippen LogP contribution in [0.1, 0.15) is 26.3 Å². The Hall–Kier alpha value is -3.46. The Labute approximate surface area is 183 Å². The van der Waals surface area contributed by atoms with Crippen molar-refractivity contribution in [2.75, 3.05) is 10.6 Å². The van der Waals surface area contributed by atoms with E-state index in [1.165, 1.54) is 6.92 Å². The number of aromatic amines is 1. The fourth-order valence-corrected chi connectivity index (χ4v) is 3.69. The monoisotopic (exact) mass is 437 g/mol. The van der Waals surface area contributed by atoms with Gasteiger partial charge in [-0.25, -0.2) is 0 Å². The van der Waals surface area contributed by atoms with Gasteiger partial charge < -0.3 is 10.6 Å². The lowest BCUT2D eigenvalue weighted by atomic mass is 10.1. The number of thioether (sulfide) groups is 1. The number of anilines is 2. The van der Waals surface area contributed by atoms with Crippen molar-refractivity contribution in [2.24, 2.45) is 0 Å². The van der Waals surface area contributed by atoms with E-state index in [4.69, 9.17) is 0 Å². The summed E-state index contributed by atoms with van der Waals surface area (Å²) < 4.78 is 0. The number of hydrogen-bond acceptors (Lipinski definition) is 6. The topological polar surface area (TPSA) is 117 Å². The first-order valence-corrected chi connectivity index (χ1v) is 10.7. The van der Waals surface area contributed by atoms with Crippen LogP contribution >= 0.6 is 11.8 Å². The molecule has 1 unspecified atom stereocenters. The highest BCUT2D eigenvalue weighted by molar-refractivity contribution is 8.00. The second kappa shape index (κ2) is 10.0. The molecular formula is C22H23N5O3S. The van der Waals surface area contributed by atoms with Crippen LogP contribution in [0.15, 0.2) is 58.5 Å². The molecule has 2 amide bonds. The molecule has 8 nitrogen and oxygen atoms in total. The van der Waals surface area contributed by atoms with Crippen LogP contribution in [-0.4, -0.2) is 32.2 Å². The quantitative estimate of drug-likeness (QED) is 0.487. The molecule has 0 aliphatic heterocycles. The molecule has 9 heteroatoms. The number of nitrogens with zero attached hydrogens (tertiary/aromatic N) is 2. The highest BCUT2D eigenvalue weighted by Gasteiger charge is 2.19. The zero-order chi connectivity index (χ0) is 22.4. The van der Waals surface area contributed by atoms with Crippen LogP contribution in [0.3, 0.4) is 0 Å². The SMILES string of the molecule is CCc1ccccc1NC(=O)C(C)Sc1nnc(-c2ccccc2NC(C)=O)c(=O)[nH]1. The van der Waals surface area contributed by atoms with Crippen molar-refractivity contribution >= 4 is 35.0 Å². The fourth-order valence-electron chi connectivity index (χ4n) is 2.95. The van der Waals surface area contributed by atoms with E-state index >= 15 is 0 Å². The second-order valence-corrected chi connectivity index (χ2v) is 8.12. The summed E-state index contributed by atoms with van der Waals surface area (Å²) in [5, 5.41) is 13.4. The summed E-state index contributed by atoms with van der Waals surface area (Å²) in [4.78, 5) is 39.3. The summed E-state index contributed by atoms with van der Waals surface area (Å²) in [6.45, 7) is 5.14. The molecule has 1 aromatic heterocycles. The van der Waals surface area contributed by atoms with E-state index < -0.39 is 10.8 Å². The average Bonchev–Trinajstić information content (AvgIpc) is 2.74. The van der Waals surface area contributed by atoms with E-state index in [2.05, 4.69) is 25.8 Å². The van der Waals surface area contributed by atoms with Crippen LogP contribution < -0.4 is 16.2 Å². The van der Waals surface area contributed by atoms with E-state index in [9.17, 15) is 14.4 Å². The van der Waals surface area contributed by atoms with Crippen LogP contribution in [0.25, 0.3) is 11.3 Å². The van der Waals surface area contributed by atoms with E-state index in [0.29, 0.717) is 11.3 Å². The maximum Gasteiger partial charge on any atom is 0.278 e. The van der Waals surface area contributed by atoms with Crippen molar-refractivity contribution < 1.29 is 9.59 Å². The third-order valence-electron chi connectivity index (χ3n) is 4.48. The molecule has 0 fully saturated rings. The summed E-state index contributed by atoms with van der Waals surface area (Å²) in [5.41, 5.74) is 2.37. The molecule has 1 atom stereocenters. The van der Waals surface area contributed by atoms with E-state index in [0.717, 1.165) is 29.4 Å². The predicted molar refractivity (Wildman–Crippen MR) is 122 cm³/mol. The number of aromatic nitrogens is 3. The summed E-state index contributed by atoms with van der Waals surface area (Å²) >= 11 is 1.11. The van der Waals surface area contributed by atoms with Crippen LogP contribution in [0.4, 0.5) is 11.4 Å². The summed E-state index contributed by atoms with van der Waals surface area (Å²) in [5.74, 6) is -0.456. The molecule has 0 spiro atoms. The van der Waals surface area contributed by atoms with Gasteiger partial charge in [-0.15, -0.1) is 10.2 Å². The Morgan fingerprint density at radius 3 is 2.39 bits per heavy atom. The molecule has 3 rings (SSSR count). The summed E-state index contributed by atoms with van der Waals surface area (Å²) in [6.07, 6.45) is 0.804. The molecule has 2 aromatic carbocycles. The smallest absolute Gasteiger partial charge is 0.278 e. The molecule has 0 radical (unpaired) electrons. The molecule has 3 aromatic rings. The zero-order valence-corrected chi connectivity index (χ0v) is 18.2. The van der Waals surface area contributed by atoms with Gasteiger partial charge in [0.1, 0.15) is 0 Å². The number of hydrogen-bond donors (Lipinski definition) is 3. The molecule has 0 bridgehead atoms. The number of nitrogens with one attached hydrogen (secondary N) is 3. The highest BCUT2D eigenvalue weighted by atomic mass is 32.2. The molecule has 0 aliphatic rings. The van der Waals surface area contributed by atoms with Crippen LogP contribution in [-0.2, 0) is 16.0 Å². The first-order chi connectivity index (χ1) is 14.9. The van der Waals surface area contributed by atoms with E-state index in [-0.39, 0.29) is 22.7 Å². The number of carbonyl (C=O) groups excluding carboxylic acids is 2. The maximum atomic E-state index is 12.6. The minimum Gasteiger partial charge on any atom is -0.326 e. The van der Waals surface area contributed by atoms with E-state index in [1.54, 1.807) is 31.2 Å². The molecular weight excluding hydrogens is 414 g/mol. The number of aryl methyl sites for hydroxylation is 1. The van der Waals surface area contributed by atoms with Gasteiger partial charge in [-0.3, -0.25) is 19.4 Å². The predicted octanol–water partition coefficient (Wildman–Crippen LogP) is 3.47. The van der Waals surface area contributed by atoms with Crippen LogP contribution in [0.5, 0.6) is 0 Å². The number of H-pyrrole nitrogens is 1. The van der Waals surface area contributed by atoms with Gasteiger partial charge in [0.25, 0.3) is 5.56 Å². The Morgan fingerprint density at radius 2 is 1.71 bits per heavy atom. The summed E-state index contributed by atoms with van der Waals surface area (Å²) in [7, 11) is 0. The number of para-hydroxylation sites is 2. The van der Waals surface area contributed by atoms with Crippen molar-refractivity contribution in [3.05, 3.63) is 64.4 Å². The zero-order valence-electron chi connectivity index (χ0n) is 17.4. The molecule has 1 heterocycles. The van der Waals surface area contributed by atoms with Gasteiger partial charge in [0.2, 0.25) is 11.8 Å². The van der Waals surface area contributed by atoms with Gasteiger partial charge in [0, 0.05) is 18.2 Å². The minimum atomic E-state index is -0.507. The standard InChI is InChI=1S/C22H23N5O3S/c1-4-15-9-5-7-11-17(15)24-20(29)13(2)31-22-25-21(30)19(26-27-22)16-10-6-8-12-18(16)23-14(3)28/h5-13H,4H2,1-3H3,(H,23,28)(H,24,29)(H,25,27,30). The maximum absolute atomic E-state index is 12.6. The third-order valence-corrected chi connectivity index (χ3v) is 5.46. The van der Waals surface area contributed by atoms with Gasteiger partial charge >= 0.3 is 0 Å². The summed E-state index contributed by atoms with van der Waals surface area (Å²) in [6, 6.07) is 14.5. The normalized spacial score (nSPS) is 11.6. The fraction of sp³-hybridized carbons (Fsp3) is 0.227. The molecule has 0 aliphatic carbocycles. The van der Waals surface area contributed by atoms with Crippen LogP contribution in [0, 0.1) is 0 Å². The van der Waals surface area contributed by atoms with Gasteiger partial charge in [0.05, 0.1) is 10.9 Å². The minimum absolute atomic E-state index is 0.0858. The number of amides is 2.